The zero-order valence-electron chi connectivity index (χ0n) is 26.9. The van der Waals surface area contributed by atoms with Crippen LogP contribution in [0.4, 0.5) is 0 Å². The number of imidazole rings is 1. The van der Waals surface area contributed by atoms with Gasteiger partial charge in [0.2, 0.25) is 17.7 Å². The van der Waals surface area contributed by atoms with Crippen molar-refractivity contribution in [1.29, 1.82) is 0 Å². The monoisotopic (exact) mass is 698 g/mol. The van der Waals surface area contributed by atoms with Crippen molar-refractivity contribution in [2.75, 3.05) is 20.2 Å². The second-order valence-corrected chi connectivity index (χ2v) is 13.1. The molecule has 0 unspecified atom stereocenters. The molecule has 2 atom stereocenters. The predicted octanol–water partition coefficient (Wildman–Crippen LogP) is 5.18. The summed E-state index contributed by atoms with van der Waals surface area (Å²) >= 11 is 14.2. The molecule has 0 saturated carbocycles. The summed E-state index contributed by atoms with van der Waals surface area (Å²) in [6.07, 6.45) is 8.33. The molecule has 2 amide bonds. The molecule has 0 bridgehead atoms. The second kappa shape index (κ2) is 14.5. The van der Waals surface area contributed by atoms with Crippen molar-refractivity contribution < 1.29 is 14.3 Å². The Morgan fingerprint density at radius 3 is 2.02 bits per heavy atom. The SMILES string of the molecule is COc1nc(-c2cccc(-c3cccc(-c4cn5c(CNC[C@H]6CCC(=O)N6)cnc5cn4)c3Cl)c2Cl)ccc1CNC[C@@H]1CCC(=O)N1. The first-order valence-electron chi connectivity index (χ1n) is 16.3. The van der Waals surface area contributed by atoms with Crippen LogP contribution in [0.5, 0.6) is 5.88 Å². The highest BCUT2D eigenvalue weighted by Crippen LogP contribution is 2.42. The van der Waals surface area contributed by atoms with Gasteiger partial charge in [-0.25, -0.2) is 9.97 Å². The number of benzene rings is 2. The van der Waals surface area contributed by atoms with Crippen molar-refractivity contribution in [3.05, 3.63) is 88.4 Å². The Morgan fingerprint density at radius 2 is 1.41 bits per heavy atom. The Hall–Kier alpha value is -4.55. The van der Waals surface area contributed by atoms with Gasteiger partial charge in [-0.2, -0.15) is 0 Å². The standard InChI is InChI=1S/C36H36Cl2N8O3/c1-49-36-21(14-39-15-22-9-12-32(47)43-22)8-11-29(45-36)27-6-2-4-25(34(27)37)26-5-3-7-28(35(26)38)30-20-46-24(18-42-31(46)19-41-30)17-40-16-23-10-13-33(48)44-23/h2-8,11,18-20,22-23,39-40H,9-10,12-17H2,1H3,(H,43,47)(H,44,48)/t22-,23+/m0/s1. The van der Waals surface area contributed by atoms with E-state index in [4.69, 9.17) is 32.9 Å². The molecule has 0 radical (unpaired) electrons. The fourth-order valence-corrected chi connectivity index (χ4v) is 7.08. The number of pyridine rings is 1. The summed E-state index contributed by atoms with van der Waals surface area (Å²) in [6.45, 7) is 2.51. The molecule has 2 aliphatic heterocycles. The third-order valence-electron chi connectivity index (χ3n) is 9.02. The third-order valence-corrected chi connectivity index (χ3v) is 9.83. The Labute approximate surface area is 293 Å². The Balaban J connectivity index is 1.11. The smallest absolute Gasteiger partial charge is 0.220 e. The summed E-state index contributed by atoms with van der Waals surface area (Å²) in [7, 11) is 1.60. The van der Waals surface area contributed by atoms with Crippen LogP contribution in [0, 0.1) is 0 Å². The fraction of sp³-hybridized carbons (Fsp3) is 0.306. The van der Waals surface area contributed by atoms with Gasteiger partial charge in [-0.05, 0) is 18.9 Å². The Morgan fingerprint density at radius 1 is 0.796 bits per heavy atom. The normalized spacial score (nSPS) is 17.4. The number of hydrogen-bond donors (Lipinski definition) is 4. The van der Waals surface area contributed by atoms with Crippen LogP contribution in [0.15, 0.2) is 67.1 Å². The lowest BCUT2D eigenvalue weighted by Crippen LogP contribution is -2.35. The maximum Gasteiger partial charge on any atom is 0.220 e. The number of aromatic nitrogens is 4. The largest absolute Gasteiger partial charge is 0.481 e. The highest BCUT2D eigenvalue weighted by molar-refractivity contribution is 6.39. The number of rotatable bonds is 12. The van der Waals surface area contributed by atoms with Gasteiger partial charge in [0.15, 0.2) is 5.65 Å². The Bertz CT molecular complexity index is 2030. The van der Waals surface area contributed by atoms with Gasteiger partial charge < -0.3 is 26.0 Å². The molecule has 2 saturated heterocycles. The van der Waals surface area contributed by atoms with E-state index < -0.39 is 0 Å². The first-order chi connectivity index (χ1) is 23.9. The van der Waals surface area contributed by atoms with Gasteiger partial charge in [-0.3, -0.25) is 19.0 Å². The topological polar surface area (TPSA) is 135 Å². The molecule has 11 nitrogen and oxygen atoms in total. The average Bonchev–Trinajstić information content (AvgIpc) is 3.84. The van der Waals surface area contributed by atoms with E-state index in [1.54, 1.807) is 13.3 Å². The van der Waals surface area contributed by atoms with Crippen LogP contribution >= 0.6 is 23.2 Å². The van der Waals surface area contributed by atoms with E-state index in [1.165, 1.54) is 0 Å². The van der Waals surface area contributed by atoms with Gasteiger partial charge in [0.25, 0.3) is 0 Å². The summed E-state index contributed by atoms with van der Waals surface area (Å²) < 4.78 is 7.65. The number of ether oxygens (including phenoxy) is 1. The van der Waals surface area contributed by atoms with Gasteiger partial charge in [0.1, 0.15) is 0 Å². The Kier molecular flexibility index (Phi) is 9.77. The summed E-state index contributed by atoms with van der Waals surface area (Å²) in [6, 6.07) is 15.8. The van der Waals surface area contributed by atoms with Crippen LogP contribution in [0.2, 0.25) is 10.0 Å². The quantitative estimate of drug-likeness (QED) is 0.140. The molecule has 2 aromatic carbocycles. The summed E-state index contributed by atoms with van der Waals surface area (Å²) in [5.41, 5.74) is 7.02. The van der Waals surface area contributed by atoms with E-state index in [-0.39, 0.29) is 23.9 Å². The van der Waals surface area contributed by atoms with Crippen LogP contribution in [0.25, 0.3) is 39.3 Å². The van der Waals surface area contributed by atoms with Crippen molar-refractivity contribution in [2.24, 2.45) is 0 Å². The van der Waals surface area contributed by atoms with E-state index in [1.807, 2.05) is 65.3 Å². The summed E-state index contributed by atoms with van der Waals surface area (Å²) in [5, 5.41) is 13.8. The molecule has 252 valence electrons. The molecule has 49 heavy (non-hydrogen) atoms. The zero-order chi connectivity index (χ0) is 33.9. The average molecular weight is 700 g/mol. The van der Waals surface area contributed by atoms with Crippen LogP contribution in [-0.4, -0.2) is 63.4 Å². The number of carbonyl (C=O) groups excluding carboxylic acids is 2. The van der Waals surface area contributed by atoms with Crippen LogP contribution in [0.1, 0.15) is 36.9 Å². The molecule has 2 aliphatic rings. The lowest BCUT2D eigenvalue weighted by Gasteiger charge is -2.15. The predicted molar refractivity (Wildman–Crippen MR) is 189 cm³/mol. The van der Waals surface area contributed by atoms with Crippen molar-refractivity contribution in [3.63, 3.8) is 0 Å². The van der Waals surface area contributed by atoms with E-state index in [0.717, 1.165) is 52.0 Å². The lowest BCUT2D eigenvalue weighted by atomic mass is 9.98. The van der Waals surface area contributed by atoms with E-state index >= 15 is 0 Å². The molecule has 2 fully saturated rings. The van der Waals surface area contributed by atoms with Gasteiger partial charge in [0.05, 0.1) is 46.6 Å². The molecule has 3 aromatic heterocycles. The van der Waals surface area contributed by atoms with E-state index in [0.29, 0.717) is 66.3 Å². The van der Waals surface area contributed by atoms with Crippen molar-refractivity contribution in [2.45, 2.75) is 50.9 Å². The molecule has 13 heteroatoms. The van der Waals surface area contributed by atoms with Crippen LogP contribution in [0.3, 0.4) is 0 Å². The van der Waals surface area contributed by atoms with Crippen molar-refractivity contribution in [1.82, 2.24) is 40.6 Å². The fourth-order valence-electron chi connectivity index (χ4n) is 6.43. The number of fused-ring (bicyclic) bond motifs is 1. The number of nitrogens with one attached hydrogen (secondary N) is 4. The first-order valence-corrected chi connectivity index (χ1v) is 17.1. The number of carbonyl (C=O) groups is 2. The maximum atomic E-state index is 11.5. The number of methoxy groups -OCH3 is 1. The van der Waals surface area contributed by atoms with Crippen molar-refractivity contribution >= 4 is 40.7 Å². The summed E-state index contributed by atoms with van der Waals surface area (Å²) in [5.74, 6) is 0.706. The highest BCUT2D eigenvalue weighted by Gasteiger charge is 2.22. The number of halogens is 2. The first kappa shape index (κ1) is 33.0. The molecular formula is C36H36Cl2N8O3. The van der Waals surface area contributed by atoms with Crippen LogP contribution < -0.4 is 26.0 Å². The molecule has 5 aromatic rings. The minimum Gasteiger partial charge on any atom is -0.481 e. The maximum absolute atomic E-state index is 11.5. The van der Waals surface area contributed by atoms with Gasteiger partial charge >= 0.3 is 0 Å². The number of hydrogen-bond acceptors (Lipinski definition) is 8. The van der Waals surface area contributed by atoms with E-state index in [2.05, 4.69) is 31.2 Å². The lowest BCUT2D eigenvalue weighted by molar-refractivity contribution is -0.120. The van der Waals surface area contributed by atoms with Gasteiger partial charge in [0, 0.05) is 85.1 Å². The highest BCUT2D eigenvalue weighted by atomic mass is 35.5. The molecule has 5 heterocycles. The molecule has 0 aliphatic carbocycles. The molecule has 7 rings (SSSR count). The summed E-state index contributed by atoms with van der Waals surface area (Å²) in [4.78, 5) is 37.0. The van der Waals surface area contributed by atoms with Gasteiger partial charge in [-0.1, -0.05) is 65.7 Å². The molecule has 4 N–H and O–H groups in total. The second-order valence-electron chi connectivity index (χ2n) is 12.3. The minimum atomic E-state index is 0.0989. The third kappa shape index (κ3) is 7.11. The molecular weight excluding hydrogens is 663 g/mol. The number of nitrogens with zero attached hydrogens (tertiary/aromatic N) is 4. The van der Waals surface area contributed by atoms with Crippen LogP contribution in [-0.2, 0) is 22.7 Å². The van der Waals surface area contributed by atoms with Gasteiger partial charge in [-0.15, -0.1) is 0 Å². The minimum absolute atomic E-state index is 0.0989. The van der Waals surface area contributed by atoms with E-state index in [9.17, 15) is 9.59 Å². The van der Waals surface area contributed by atoms with Crippen molar-refractivity contribution in [3.8, 4) is 39.5 Å². The zero-order valence-corrected chi connectivity index (χ0v) is 28.4. The molecule has 0 spiro atoms. The number of amides is 2.